The van der Waals surface area contributed by atoms with Crippen LogP contribution >= 0.6 is 0 Å². The number of aliphatic carboxylic acids is 1. The van der Waals surface area contributed by atoms with Crippen molar-refractivity contribution in [2.45, 2.75) is 32.4 Å². The van der Waals surface area contributed by atoms with Gasteiger partial charge < -0.3 is 15.7 Å². The zero-order valence-electron chi connectivity index (χ0n) is 10.2. The highest BCUT2D eigenvalue weighted by atomic mass is 16.4. The first kappa shape index (κ1) is 13.4. The van der Waals surface area contributed by atoms with Crippen molar-refractivity contribution in [2.24, 2.45) is 5.73 Å². The van der Waals surface area contributed by atoms with Gasteiger partial charge in [-0.3, -0.25) is 9.69 Å². The molecule has 0 bridgehead atoms. The second-order valence-corrected chi connectivity index (χ2v) is 4.70. The van der Waals surface area contributed by atoms with Crippen molar-refractivity contribution in [2.75, 3.05) is 32.7 Å². The Morgan fingerprint density at radius 3 is 2.31 bits per heavy atom. The SMILES string of the molecule is CC(C)N1CCN(CC[C@@H](N)C(=O)O)CC1. The molecule has 16 heavy (non-hydrogen) atoms. The quantitative estimate of drug-likeness (QED) is 0.684. The van der Waals surface area contributed by atoms with Gasteiger partial charge >= 0.3 is 5.97 Å². The van der Waals surface area contributed by atoms with Gasteiger partial charge in [0.25, 0.3) is 0 Å². The van der Waals surface area contributed by atoms with Crippen LogP contribution in [0.3, 0.4) is 0 Å². The summed E-state index contributed by atoms with van der Waals surface area (Å²) in [5.74, 6) is -0.902. The van der Waals surface area contributed by atoms with E-state index in [-0.39, 0.29) is 0 Å². The summed E-state index contributed by atoms with van der Waals surface area (Å²) in [6.45, 7) is 9.38. The first-order chi connectivity index (χ1) is 7.50. The fourth-order valence-electron chi connectivity index (χ4n) is 1.95. The number of hydrogen-bond acceptors (Lipinski definition) is 4. The summed E-state index contributed by atoms with van der Waals surface area (Å²) in [4.78, 5) is 15.3. The second-order valence-electron chi connectivity index (χ2n) is 4.70. The van der Waals surface area contributed by atoms with Crippen molar-refractivity contribution in [1.29, 1.82) is 0 Å². The molecule has 0 aromatic carbocycles. The maximum Gasteiger partial charge on any atom is 0.320 e. The number of piperazine rings is 1. The summed E-state index contributed by atoms with van der Waals surface area (Å²) in [5, 5.41) is 8.67. The molecule has 1 saturated heterocycles. The van der Waals surface area contributed by atoms with Crippen LogP contribution in [0.2, 0.25) is 0 Å². The lowest BCUT2D eigenvalue weighted by atomic mass is 10.2. The van der Waals surface area contributed by atoms with Gasteiger partial charge in [-0.05, 0) is 20.3 Å². The van der Waals surface area contributed by atoms with E-state index in [1.165, 1.54) is 0 Å². The predicted octanol–water partition coefficient (Wildman–Crippen LogP) is -0.186. The van der Waals surface area contributed by atoms with Gasteiger partial charge in [0, 0.05) is 38.8 Å². The molecule has 1 aliphatic rings. The van der Waals surface area contributed by atoms with E-state index < -0.39 is 12.0 Å². The lowest BCUT2D eigenvalue weighted by Gasteiger charge is -2.37. The first-order valence-electron chi connectivity index (χ1n) is 5.95. The molecule has 1 aliphatic heterocycles. The number of nitrogens with two attached hydrogens (primary N) is 1. The molecular formula is C11H23N3O2. The second kappa shape index (κ2) is 6.18. The summed E-state index contributed by atoms with van der Waals surface area (Å²) < 4.78 is 0. The lowest BCUT2D eigenvalue weighted by molar-refractivity contribution is -0.138. The number of carboxylic acids is 1. The molecule has 0 saturated carbocycles. The van der Waals surface area contributed by atoms with E-state index in [1.54, 1.807) is 0 Å². The average molecular weight is 229 g/mol. The van der Waals surface area contributed by atoms with Crippen molar-refractivity contribution in [3.05, 3.63) is 0 Å². The van der Waals surface area contributed by atoms with Gasteiger partial charge in [0.05, 0.1) is 0 Å². The van der Waals surface area contributed by atoms with E-state index in [0.717, 1.165) is 32.7 Å². The highest BCUT2D eigenvalue weighted by molar-refractivity contribution is 5.72. The molecule has 0 spiro atoms. The van der Waals surface area contributed by atoms with E-state index >= 15 is 0 Å². The van der Waals surface area contributed by atoms with Crippen LogP contribution in [0.25, 0.3) is 0 Å². The third kappa shape index (κ3) is 4.08. The fourth-order valence-corrected chi connectivity index (χ4v) is 1.95. The molecule has 0 amide bonds. The molecule has 5 heteroatoms. The zero-order chi connectivity index (χ0) is 12.1. The summed E-state index contributed by atoms with van der Waals surface area (Å²) in [5.41, 5.74) is 5.47. The Balaban J connectivity index is 2.20. The minimum absolute atomic E-state index is 0.539. The molecule has 1 fully saturated rings. The predicted molar refractivity (Wildman–Crippen MR) is 63.4 cm³/mol. The van der Waals surface area contributed by atoms with Gasteiger partial charge in [0.15, 0.2) is 0 Å². The Bertz CT molecular complexity index is 225. The van der Waals surface area contributed by atoms with Crippen LogP contribution in [0.5, 0.6) is 0 Å². The van der Waals surface area contributed by atoms with Crippen LogP contribution < -0.4 is 5.73 Å². The highest BCUT2D eigenvalue weighted by Gasteiger charge is 2.20. The molecule has 1 heterocycles. The van der Waals surface area contributed by atoms with Gasteiger partial charge in [-0.1, -0.05) is 0 Å². The Hall–Kier alpha value is -0.650. The fraction of sp³-hybridized carbons (Fsp3) is 0.909. The van der Waals surface area contributed by atoms with Crippen molar-refractivity contribution >= 4 is 5.97 Å². The molecule has 1 atom stereocenters. The summed E-state index contributed by atoms with van der Waals surface area (Å²) >= 11 is 0. The lowest BCUT2D eigenvalue weighted by Crippen LogP contribution is -2.49. The molecule has 1 rings (SSSR count). The van der Waals surface area contributed by atoms with E-state index in [1.807, 2.05) is 0 Å². The largest absolute Gasteiger partial charge is 0.480 e. The topological polar surface area (TPSA) is 69.8 Å². The smallest absolute Gasteiger partial charge is 0.320 e. The van der Waals surface area contributed by atoms with Crippen LogP contribution in [-0.2, 0) is 4.79 Å². The average Bonchev–Trinajstić information content (AvgIpc) is 2.26. The third-order valence-electron chi connectivity index (χ3n) is 3.21. The van der Waals surface area contributed by atoms with Crippen molar-refractivity contribution in [3.63, 3.8) is 0 Å². The number of carboxylic acid groups (broad SMARTS) is 1. The van der Waals surface area contributed by atoms with Gasteiger partial charge in [-0.15, -0.1) is 0 Å². The van der Waals surface area contributed by atoms with E-state index in [4.69, 9.17) is 10.8 Å². The maximum absolute atomic E-state index is 10.6. The van der Waals surface area contributed by atoms with Crippen molar-refractivity contribution < 1.29 is 9.90 Å². The minimum Gasteiger partial charge on any atom is -0.480 e. The highest BCUT2D eigenvalue weighted by Crippen LogP contribution is 2.06. The Kier molecular flexibility index (Phi) is 5.18. The molecule has 3 N–H and O–H groups in total. The number of nitrogens with zero attached hydrogens (tertiary/aromatic N) is 2. The number of carbonyl (C=O) groups is 1. The van der Waals surface area contributed by atoms with Gasteiger partial charge in [-0.25, -0.2) is 0 Å². The molecule has 0 unspecified atom stereocenters. The Labute approximate surface area is 97.2 Å². The normalized spacial score (nSPS) is 21.2. The molecule has 5 nitrogen and oxygen atoms in total. The number of hydrogen-bond donors (Lipinski definition) is 2. The molecule has 0 aromatic rings. The third-order valence-corrected chi connectivity index (χ3v) is 3.21. The number of rotatable bonds is 5. The van der Waals surface area contributed by atoms with Gasteiger partial charge in [-0.2, -0.15) is 0 Å². The Morgan fingerprint density at radius 1 is 1.31 bits per heavy atom. The maximum atomic E-state index is 10.6. The standard InChI is InChI=1S/C11H23N3O2/c1-9(2)14-7-5-13(6-8-14)4-3-10(12)11(15)16/h9-10H,3-8,12H2,1-2H3,(H,15,16)/t10-/m1/s1. The van der Waals surface area contributed by atoms with Crippen LogP contribution in [0.4, 0.5) is 0 Å². The molecule has 94 valence electrons. The zero-order valence-corrected chi connectivity index (χ0v) is 10.2. The van der Waals surface area contributed by atoms with Crippen molar-refractivity contribution in [1.82, 2.24) is 9.80 Å². The van der Waals surface area contributed by atoms with Gasteiger partial charge in [0.1, 0.15) is 6.04 Å². The van der Waals surface area contributed by atoms with E-state index in [0.29, 0.717) is 12.5 Å². The summed E-state index contributed by atoms with van der Waals surface area (Å²) in [7, 11) is 0. The minimum atomic E-state index is -0.902. The van der Waals surface area contributed by atoms with E-state index in [9.17, 15) is 4.79 Å². The first-order valence-corrected chi connectivity index (χ1v) is 5.95. The Morgan fingerprint density at radius 2 is 1.88 bits per heavy atom. The summed E-state index contributed by atoms with van der Waals surface area (Å²) in [6, 6.07) is -0.119. The molecule has 0 aliphatic carbocycles. The van der Waals surface area contributed by atoms with E-state index in [2.05, 4.69) is 23.6 Å². The van der Waals surface area contributed by atoms with Crippen LogP contribution in [-0.4, -0.2) is 65.7 Å². The van der Waals surface area contributed by atoms with Crippen LogP contribution in [0.15, 0.2) is 0 Å². The van der Waals surface area contributed by atoms with Crippen LogP contribution in [0.1, 0.15) is 20.3 Å². The summed E-state index contributed by atoms with van der Waals surface area (Å²) in [6.07, 6.45) is 0.539. The molecular weight excluding hydrogens is 206 g/mol. The monoisotopic (exact) mass is 229 g/mol. The molecule has 0 radical (unpaired) electrons. The van der Waals surface area contributed by atoms with Crippen molar-refractivity contribution in [3.8, 4) is 0 Å². The molecule has 0 aromatic heterocycles. The van der Waals surface area contributed by atoms with Gasteiger partial charge in [0.2, 0.25) is 0 Å². The van der Waals surface area contributed by atoms with Crippen LogP contribution in [0, 0.1) is 0 Å².